The second-order valence-corrected chi connectivity index (χ2v) is 8.46. The van der Waals surface area contributed by atoms with Crippen LogP contribution in [-0.2, 0) is 10.2 Å². The van der Waals surface area contributed by atoms with Gasteiger partial charge in [-0.15, -0.1) is 0 Å². The van der Waals surface area contributed by atoms with Crippen LogP contribution in [0.15, 0.2) is 48.5 Å². The van der Waals surface area contributed by atoms with Crippen molar-refractivity contribution in [3.05, 3.63) is 65.2 Å². The fraction of sp³-hybridized carbons (Fsp3) is 0.391. The summed E-state index contributed by atoms with van der Waals surface area (Å²) in [6.45, 7) is 11.1. The number of amides is 2. The summed E-state index contributed by atoms with van der Waals surface area (Å²) in [4.78, 5) is 23.4. The smallest absolute Gasteiger partial charge is 0.248 e. The largest absolute Gasteiger partial charge is 0.366 e. The van der Waals surface area contributed by atoms with Gasteiger partial charge in [0.25, 0.3) is 0 Å². The zero-order chi connectivity index (χ0) is 20.9. The van der Waals surface area contributed by atoms with E-state index in [0.717, 1.165) is 0 Å². The van der Waals surface area contributed by atoms with Gasteiger partial charge in [-0.2, -0.15) is 0 Å². The molecule has 2 rings (SSSR count). The van der Waals surface area contributed by atoms with Gasteiger partial charge in [0, 0.05) is 17.3 Å². The number of hydrogen-bond donors (Lipinski definition) is 3. The summed E-state index contributed by atoms with van der Waals surface area (Å²) in [5.41, 5.74) is 8.84. The minimum Gasteiger partial charge on any atom is -0.366 e. The van der Waals surface area contributed by atoms with E-state index < -0.39 is 5.91 Å². The molecule has 28 heavy (non-hydrogen) atoms. The van der Waals surface area contributed by atoms with Gasteiger partial charge in [-0.3, -0.25) is 9.59 Å². The van der Waals surface area contributed by atoms with Crippen LogP contribution in [-0.4, -0.2) is 18.4 Å². The number of carbonyl (C=O) groups is 2. The molecule has 150 valence electrons. The van der Waals surface area contributed by atoms with Crippen molar-refractivity contribution < 1.29 is 9.59 Å². The van der Waals surface area contributed by atoms with Crippen LogP contribution < -0.4 is 16.4 Å². The van der Waals surface area contributed by atoms with E-state index in [9.17, 15) is 9.59 Å². The van der Waals surface area contributed by atoms with Crippen molar-refractivity contribution in [2.45, 2.75) is 46.1 Å². The van der Waals surface area contributed by atoms with E-state index in [1.165, 1.54) is 11.1 Å². The first-order valence-corrected chi connectivity index (χ1v) is 9.61. The highest BCUT2D eigenvalue weighted by molar-refractivity contribution is 5.95. The number of anilines is 1. The summed E-state index contributed by atoms with van der Waals surface area (Å²) in [5.74, 6) is -0.288. The highest BCUT2D eigenvalue weighted by Crippen LogP contribution is 2.26. The summed E-state index contributed by atoms with van der Waals surface area (Å²) in [7, 11) is 0. The lowest BCUT2D eigenvalue weighted by Gasteiger charge is -2.25. The molecule has 2 amide bonds. The minimum absolute atomic E-state index is 0.0806. The maximum Gasteiger partial charge on any atom is 0.248 e. The third-order valence-corrected chi connectivity index (χ3v) is 4.74. The third-order valence-electron chi connectivity index (χ3n) is 4.74. The molecule has 1 atom stereocenters. The maximum absolute atomic E-state index is 12.3. The molecule has 0 aromatic heterocycles. The molecule has 2 aromatic rings. The Kier molecular flexibility index (Phi) is 6.97. The SMILES string of the molecule is CC(C)[C@@H](NCC(=O)Nc1ccc(C(N)=O)cc1)c1ccc(C(C)(C)C)cc1. The molecule has 0 radical (unpaired) electrons. The van der Waals surface area contributed by atoms with Gasteiger partial charge in [0.1, 0.15) is 0 Å². The van der Waals surface area contributed by atoms with Gasteiger partial charge >= 0.3 is 0 Å². The molecule has 2 aromatic carbocycles. The Hall–Kier alpha value is -2.66. The van der Waals surface area contributed by atoms with Gasteiger partial charge in [0.15, 0.2) is 0 Å². The number of nitrogens with two attached hydrogens (primary N) is 1. The molecule has 0 saturated heterocycles. The zero-order valence-corrected chi connectivity index (χ0v) is 17.4. The van der Waals surface area contributed by atoms with Crippen LogP contribution in [0.1, 0.15) is 62.1 Å². The first kappa shape index (κ1) is 21.6. The molecule has 0 fully saturated rings. The molecule has 0 aliphatic rings. The second kappa shape index (κ2) is 9.02. The number of primary amides is 1. The number of carbonyl (C=O) groups excluding carboxylic acids is 2. The topological polar surface area (TPSA) is 84.2 Å². The van der Waals surface area contributed by atoms with Crippen molar-refractivity contribution >= 4 is 17.5 Å². The van der Waals surface area contributed by atoms with Crippen LogP contribution in [0.5, 0.6) is 0 Å². The summed E-state index contributed by atoms with van der Waals surface area (Å²) in [6.07, 6.45) is 0. The fourth-order valence-electron chi connectivity index (χ4n) is 3.05. The first-order valence-electron chi connectivity index (χ1n) is 9.61. The molecule has 0 aliphatic carbocycles. The van der Waals surface area contributed by atoms with E-state index >= 15 is 0 Å². The molecule has 0 spiro atoms. The van der Waals surface area contributed by atoms with E-state index in [0.29, 0.717) is 17.2 Å². The van der Waals surface area contributed by atoms with Crippen LogP contribution in [0.3, 0.4) is 0 Å². The van der Waals surface area contributed by atoms with Crippen LogP contribution in [0.4, 0.5) is 5.69 Å². The van der Waals surface area contributed by atoms with Crippen LogP contribution in [0.2, 0.25) is 0 Å². The fourth-order valence-corrected chi connectivity index (χ4v) is 3.05. The normalized spacial score (nSPS) is 12.6. The number of benzene rings is 2. The molecular formula is C23H31N3O2. The molecule has 5 nitrogen and oxygen atoms in total. The summed E-state index contributed by atoms with van der Waals surface area (Å²) < 4.78 is 0. The Morgan fingerprint density at radius 2 is 1.54 bits per heavy atom. The van der Waals surface area contributed by atoms with Crippen LogP contribution in [0, 0.1) is 5.92 Å². The van der Waals surface area contributed by atoms with Crippen molar-refractivity contribution in [2.75, 3.05) is 11.9 Å². The lowest BCUT2D eigenvalue weighted by Crippen LogP contribution is -2.33. The Morgan fingerprint density at radius 1 is 0.964 bits per heavy atom. The molecular weight excluding hydrogens is 350 g/mol. The molecule has 0 heterocycles. The van der Waals surface area contributed by atoms with E-state index in [2.05, 4.69) is 69.5 Å². The molecule has 4 N–H and O–H groups in total. The van der Waals surface area contributed by atoms with E-state index in [-0.39, 0.29) is 23.9 Å². The molecule has 5 heteroatoms. The van der Waals surface area contributed by atoms with Crippen LogP contribution in [0.25, 0.3) is 0 Å². The Labute approximate surface area is 167 Å². The number of rotatable bonds is 7. The maximum atomic E-state index is 12.3. The summed E-state index contributed by atoms with van der Waals surface area (Å²) in [5, 5.41) is 6.19. The lowest BCUT2D eigenvalue weighted by molar-refractivity contribution is -0.115. The van der Waals surface area contributed by atoms with Gasteiger partial charge in [0.2, 0.25) is 11.8 Å². The second-order valence-electron chi connectivity index (χ2n) is 8.46. The van der Waals surface area contributed by atoms with Gasteiger partial charge in [-0.1, -0.05) is 58.9 Å². The Morgan fingerprint density at radius 3 is 2.00 bits per heavy atom. The van der Waals surface area contributed by atoms with E-state index in [1.54, 1.807) is 24.3 Å². The predicted octanol–water partition coefficient (Wildman–Crippen LogP) is 4.01. The highest BCUT2D eigenvalue weighted by Gasteiger charge is 2.19. The molecule has 0 bridgehead atoms. The van der Waals surface area contributed by atoms with Gasteiger partial charge in [0.05, 0.1) is 6.54 Å². The van der Waals surface area contributed by atoms with E-state index in [1.807, 2.05) is 0 Å². The third kappa shape index (κ3) is 5.92. The quantitative estimate of drug-likeness (QED) is 0.677. The Balaban J connectivity index is 1.99. The zero-order valence-electron chi connectivity index (χ0n) is 17.4. The predicted molar refractivity (Wildman–Crippen MR) is 114 cm³/mol. The summed E-state index contributed by atoms with van der Waals surface area (Å²) in [6, 6.07) is 15.2. The summed E-state index contributed by atoms with van der Waals surface area (Å²) >= 11 is 0. The monoisotopic (exact) mass is 381 g/mol. The van der Waals surface area contributed by atoms with Crippen molar-refractivity contribution in [3.63, 3.8) is 0 Å². The van der Waals surface area contributed by atoms with Gasteiger partial charge in [-0.25, -0.2) is 0 Å². The minimum atomic E-state index is -0.489. The highest BCUT2D eigenvalue weighted by atomic mass is 16.2. The van der Waals surface area contributed by atoms with E-state index in [4.69, 9.17) is 5.73 Å². The Bertz CT molecular complexity index is 803. The van der Waals surface area contributed by atoms with Crippen molar-refractivity contribution in [2.24, 2.45) is 11.7 Å². The average molecular weight is 382 g/mol. The van der Waals surface area contributed by atoms with Gasteiger partial charge in [-0.05, 0) is 46.7 Å². The number of hydrogen-bond acceptors (Lipinski definition) is 3. The number of nitrogens with one attached hydrogen (secondary N) is 2. The van der Waals surface area contributed by atoms with Crippen molar-refractivity contribution in [1.82, 2.24) is 5.32 Å². The lowest BCUT2D eigenvalue weighted by atomic mass is 9.85. The standard InChI is InChI=1S/C23H31N3O2/c1-15(2)21(16-6-10-18(11-7-16)23(3,4)5)25-14-20(27)26-19-12-8-17(9-13-19)22(24)28/h6-13,15,21,25H,14H2,1-5H3,(H2,24,28)(H,26,27)/t21-/m1/s1. The molecule has 0 unspecified atom stereocenters. The van der Waals surface area contributed by atoms with Crippen molar-refractivity contribution in [3.8, 4) is 0 Å². The molecule has 0 aliphatic heterocycles. The molecule has 0 saturated carbocycles. The van der Waals surface area contributed by atoms with Crippen molar-refractivity contribution in [1.29, 1.82) is 0 Å². The van der Waals surface area contributed by atoms with Gasteiger partial charge < -0.3 is 16.4 Å². The average Bonchev–Trinajstić information content (AvgIpc) is 2.61. The van der Waals surface area contributed by atoms with Crippen LogP contribution >= 0.6 is 0 Å². The first-order chi connectivity index (χ1) is 13.1.